The van der Waals surface area contributed by atoms with Crippen LogP contribution in [-0.2, 0) is 19.9 Å². The van der Waals surface area contributed by atoms with Crippen LogP contribution in [-0.4, -0.2) is 9.78 Å². The maximum absolute atomic E-state index is 6.37. The van der Waals surface area contributed by atoms with Gasteiger partial charge in [0, 0.05) is 24.5 Å². The molecule has 3 nitrogen and oxygen atoms in total. The van der Waals surface area contributed by atoms with Crippen molar-refractivity contribution in [3.8, 4) is 0 Å². The molecule has 0 fully saturated rings. The predicted molar refractivity (Wildman–Crippen MR) is 84.4 cm³/mol. The lowest BCUT2D eigenvalue weighted by Crippen LogP contribution is -2.16. The number of rotatable bonds is 4. The summed E-state index contributed by atoms with van der Waals surface area (Å²) in [7, 11) is 1.90. The number of nitrogens with zero attached hydrogens (tertiary/aromatic N) is 2. The maximum atomic E-state index is 6.37. The molecule has 0 aliphatic rings. The van der Waals surface area contributed by atoms with Gasteiger partial charge in [0.15, 0.2) is 0 Å². The fourth-order valence-electron chi connectivity index (χ4n) is 2.41. The van der Waals surface area contributed by atoms with Crippen LogP contribution in [0.1, 0.15) is 35.5 Å². The lowest BCUT2D eigenvalue weighted by molar-refractivity contribution is 0.636. The molecule has 5 heteroatoms. The van der Waals surface area contributed by atoms with Gasteiger partial charge in [-0.15, -0.1) is 0 Å². The van der Waals surface area contributed by atoms with Crippen LogP contribution in [0.2, 0.25) is 10.0 Å². The van der Waals surface area contributed by atoms with Crippen molar-refractivity contribution >= 4 is 23.2 Å². The molecule has 0 aliphatic carbocycles. The largest absolute Gasteiger partial charge is 0.324 e. The second-order valence-electron chi connectivity index (χ2n) is 5.00. The number of hydrogen-bond acceptors (Lipinski definition) is 2. The van der Waals surface area contributed by atoms with Crippen molar-refractivity contribution in [3.05, 3.63) is 50.8 Å². The first-order valence-corrected chi connectivity index (χ1v) is 7.41. The Labute approximate surface area is 129 Å². The number of halogens is 2. The van der Waals surface area contributed by atoms with Crippen molar-refractivity contribution in [1.82, 2.24) is 9.78 Å². The molecular formula is C15H19Cl2N3. The molecule has 1 aromatic heterocycles. The Morgan fingerprint density at radius 2 is 2.05 bits per heavy atom. The van der Waals surface area contributed by atoms with Crippen LogP contribution >= 0.6 is 23.2 Å². The van der Waals surface area contributed by atoms with Gasteiger partial charge in [-0.1, -0.05) is 36.2 Å². The molecule has 2 aromatic rings. The summed E-state index contributed by atoms with van der Waals surface area (Å²) in [5.41, 5.74) is 10.4. The van der Waals surface area contributed by atoms with Gasteiger partial charge in [0.2, 0.25) is 0 Å². The maximum Gasteiger partial charge on any atom is 0.0850 e. The van der Waals surface area contributed by atoms with Crippen LogP contribution in [0.15, 0.2) is 18.2 Å². The van der Waals surface area contributed by atoms with Gasteiger partial charge in [-0.2, -0.15) is 5.10 Å². The van der Waals surface area contributed by atoms with Crippen molar-refractivity contribution in [3.63, 3.8) is 0 Å². The molecule has 2 rings (SSSR count). The molecule has 0 bridgehead atoms. The lowest BCUT2D eigenvalue weighted by Gasteiger charge is -2.15. The third-order valence-corrected chi connectivity index (χ3v) is 4.22. The number of aryl methyl sites for hydroxylation is 3. The van der Waals surface area contributed by atoms with Gasteiger partial charge in [0.25, 0.3) is 0 Å². The van der Waals surface area contributed by atoms with Crippen LogP contribution in [0, 0.1) is 6.92 Å². The molecule has 1 unspecified atom stereocenters. The summed E-state index contributed by atoms with van der Waals surface area (Å²) >= 11 is 12.3. The number of nitrogens with two attached hydrogens (primary N) is 1. The minimum absolute atomic E-state index is 0.120. The SMILES string of the molecule is CCc1nn(C)c(CC(N)c2ccc(Cl)cc2C)c1Cl. The van der Waals surface area contributed by atoms with Crippen LogP contribution in [0.5, 0.6) is 0 Å². The zero-order valence-corrected chi connectivity index (χ0v) is 13.5. The molecule has 0 radical (unpaired) electrons. The highest BCUT2D eigenvalue weighted by Gasteiger charge is 2.18. The zero-order valence-electron chi connectivity index (χ0n) is 12.0. The Morgan fingerprint density at radius 1 is 1.35 bits per heavy atom. The van der Waals surface area contributed by atoms with Crippen LogP contribution in [0.4, 0.5) is 0 Å². The molecule has 1 aromatic carbocycles. The summed E-state index contributed by atoms with van der Waals surface area (Å²) in [6.07, 6.45) is 1.48. The first-order valence-electron chi connectivity index (χ1n) is 6.65. The van der Waals surface area contributed by atoms with E-state index in [9.17, 15) is 0 Å². The van der Waals surface area contributed by atoms with Crippen molar-refractivity contribution in [1.29, 1.82) is 0 Å². The van der Waals surface area contributed by atoms with Crippen molar-refractivity contribution in [2.75, 3.05) is 0 Å². The average molecular weight is 312 g/mol. The topological polar surface area (TPSA) is 43.8 Å². The molecule has 0 spiro atoms. The molecule has 0 saturated heterocycles. The van der Waals surface area contributed by atoms with E-state index < -0.39 is 0 Å². The summed E-state index contributed by atoms with van der Waals surface area (Å²) in [5.74, 6) is 0. The van der Waals surface area contributed by atoms with E-state index in [0.717, 1.165) is 39.0 Å². The van der Waals surface area contributed by atoms with E-state index in [4.69, 9.17) is 28.9 Å². The van der Waals surface area contributed by atoms with Gasteiger partial charge >= 0.3 is 0 Å². The Balaban J connectivity index is 2.27. The second-order valence-corrected chi connectivity index (χ2v) is 5.81. The highest BCUT2D eigenvalue weighted by Crippen LogP contribution is 2.27. The van der Waals surface area contributed by atoms with Gasteiger partial charge in [0.05, 0.1) is 16.4 Å². The molecular weight excluding hydrogens is 293 g/mol. The van der Waals surface area contributed by atoms with Crippen molar-refractivity contribution < 1.29 is 0 Å². The highest BCUT2D eigenvalue weighted by molar-refractivity contribution is 6.32. The smallest absolute Gasteiger partial charge is 0.0850 e. The summed E-state index contributed by atoms with van der Waals surface area (Å²) in [6, 6.07) is 5.66. The van der Waals surface area contributed by atoms with Crippen molar-refractivity contribution in [2.24, 2.45) is 12.8 Å². The van der Waals surface area contributed by atoms with Gasteiger partial charge in [0.1, 0.15) is 0 Å². The normalized spacial score (nSPS) is 12.7. The van der Waals surface area contributed by atoms with Crippen LogP contribution < -0.4 is 5.73 Å². The number of aromatic nitrogens is 2. The second kappa shape index (κ2) is 6.17. The quantitative estimate of drug-likeness (QED) is 0.932. The Hall–Kier alpha value is -1.03. The van der Waals surface area contributed by atoms with E-state index in [2.05, 4.69) is 5.10 Å². The van der Waals surface area contributed by atoms with E-state index >= 15 is 0 Å². The third-order valence-electron chi connectivity index (χ3n) is 3.55. The molecule has 0 aliphatic heterocycles. The van der Waals surface area contributed by atoms with E-state index in [-0.39, 0.29) is 6.04 Å². The molecule has 108 valence electrons. The third kappa shape index (κ3) is 3.00. The molecule has 2 N–H and O–H groups in total. The molecule has 0 saturated carbocycles. The fraction of sp³-hybridized carbons (Fsp3) is 0.400. The number of hydrogen-bond donors (Lipinski definition) is 1. The summed E-state index contributed by atoms with van der Waals surface area (Å²) in [4.78, 5) is 0. The first kappa shape index (κ1) is 15.4. The van der Waals surface area contributed by atoms with Gasteiger partial charge in [-0.3, -0.25) is 4.68 Å². The summed E-state index contributed by atoms with van der Waals surface area (Å²) < 4.78 is 1.83. The van der Waals surface area contributed by atoms with E-state index in [1.807, 2.05) is 43.8 Å². The highest BCUT2D eigenvalue weighted by atomic mass is 35.5. The molecule has 1 heterocycles. The monoisotopic (exact) mass is 311 g/mol. The average Bonchev–Trinajstić information content (AvgIpc) is 2.66. The van der Waals surface area contributed by atoms with Gasteiger partial charge in [-0.05, 0) is 36.6 Å². The number of benzene rings is 1. The van der Waals surface area contributed by atoms with E-state index in [1.54, 1.807) is 0 Å². The minimum atomic E-state index is -0.120. The van der Waals surface area contributed by atoms with E-state index in [0.29, 0.717) is 6.42 Å². The van der Waals surface area contributed by atoms with Crippen LogP contribution in [0.3, 0.4) is 0 Å². The fourth-order valence-corrected chi connectivity index (χ4v) is 3.01. The van der Waals surface area contributed by atoms with Gasteiger partial charge in [-0.25, -0.2) is 0 Å². The first-order chi connectivity index (χ1) is 9.43. The molecule has 1 atom stereocenters. The standard InChI is InChI=1S/C15H19Cl2N3/c1-4-13-15(17)14(20(3)19-13)8-12(18)11-6-5-10(16)7-9(11)2/h5-7,12H,4,8,18H2,1-3H3. The Morgan fingerprint density at radius 3 is 2.60 bits per heavy atom. The van der Waals surface area contributed by atoms with E-state index in [1.165, 1.54) is 0 Å². The Bertz CT molecular complexity index is 620. The minimum Gasteiger partial charge on any atom is -0.324 e. The predicted octanol–water partition coefficient (Wildman–Crippen LogP) is 3.84. The van der Waals surface area contributed by atoms with Gasteiger partial charge < -0.3 is 5.73 Å². The van der Waals surface area contributed by atoms with Crippen LogP contribution in [0.25, 0.3) is 0 Å². The zero-order chi connectivity index (χ0) is 14.9. The lowest BCUT2D eigenvalue weighted by atomic mass is 9.98. The summed E-state index contributed by atoms with van der Waals surface area (Å²) in [6.45, 7) is 4.06. The van der Waals surface area contributed by atoms with Crippen molar-refractivity contribution in [2.45, 2.75) is 32.7 Å². The Kier molecular flexibility index (Phi) is 4.74. The summed E-state index contributed by atoms with van der Waals surface area (Å²) in [5, 5.41) is 5.88. The molecule has 20 heavy (non-hydrogen) atoms. The molecule has 0 amide bonds.